The van der Waals surface area contributed by atoms with Crippen LogP contribution >= 0.6 is 11.3 Å². The maximum Gasteiger partial charge on any atom is 0.420 e. The van der Waals surface area contributed by atoms with Gasteiger partial charge in [-0.05, 0) is 53.5 Å². The van der Waals surface area contributed by atoms with Crippen LogP contribution in [0, 0.1) is 0 Å². The first kappa shape index (κ1) is 19.2. The second-order valence-electron chi connectivity index (χ2n) is 6.87. The van der Waals surface area contributed by atoms with E-state index in [9.17, 15) is 19.5 Å². The third-order valence-corrected chi connectivity index (χ3v) is 4.18. The normalized spacial score (nSPS) is 11.9. The van der Waals surface area contributed by atoms with Crippen LogP contribution < -0.4 is 0 Å². The fourth-order valence-corrected chi connectivity index (χ4v) is 2.86. The Morgan fingerprint density at radius 3 is 2.35 bits per heavy atom. The number of imide groups is 1. The summed E-state index contributed by atoms with van der Waals surface area (Å²) in [7, 11) is 0. The Morgan fingerprint density at radius 1 is 1.30 bits per heavy atom. The van der Waals surface area contributed by atoms with Crippen LogP contribution in [0.25, 0.3) is 0 Å². The minimum Gasteiger partial charge on any atom is -0.465 e. The predicted octanol–water partition coefficient (Wildman–Crippen LogP) is 4.19. The van der Waals surface area contributed by atoms with Gasteiger partial charge in [0, 0.05) is 15.8 Å². The van der Waals surface area contributed by atoms with Crippen molar-refractivity contribution in [3.05, 3.63) is 21.9 Å². The smallest absolute Gasteiger partial charge is 0.420 e. The number of hydrogen-bond donors (Lipinski definition) is 1. The number of nitrogens with zero attached hydrogens (tertiary/aromatic N) is 1. The van der Waals surface area contributed by atoms with Crippen molar-refractivity contribution >= 4 is 29.8 Å². The van der Waals surface area contributed by atoms with Crippen molar-refractivity contribution in [3.63, 3.8) is 0 Å². The first-order valence-corrected chi connectivity index (χ1v) is 8.13. The number of carboxylic acid groups (broad SMARTS) is 1. The molecular formula is C16H23NO5S. The molecule has 0 saturated carbocycles. The Labute approximate surface area is 140 Å². The number of ether oxygens (including phenoxy) is 1. The lowest BCUT2D eigenvalue weighted by Crippen LogP contribution is -2.52. The summed E-state index contributed by atoms with van der Waals surface area (Å²) in [5, 5.41) is 11.1. The summed E-state index contributed by atoms with van der Waals surface area (Å²) >= 11 is 1.44. The van der Waals surface area contributed by atoms with Gasteiger partial charge in [-0.15, -0.1) is 11.3 Å². The molecule has 0 radical (unpaired) electrons. The van der Waals surface area contributed by atoms with E-state index in [0.717, 1.165) is 16.1 Å². The molecule has 1 heterocycles. The monoisotopic (exact) mass is 341 g/mol. The minimum atomic E-state index is -1.34. The Hall–Kier alpha value is -1.89. The molecule has 0 aliphatic carbocycles. The van der Waals surface area contributed by atoms with Crippen molar-refractivity contribution in [1.29, 1.82) is 0 Å². The maximum atomic E-state index is 12.2. The van der Waals surface area contributed by atoms with E-state index in [1.807, 2.05) is 0 Å². The summed E-state index contributed by atoms with van der Waals surface area (Å²) in [5.41, 5.74) is -1.10. The summed E-state index contributed by atoms with van der Waals surface area (Å²) in [6.45, 7) is 8.41. The number of aryl methyl sites for hydroxylation is 1. The van der Waals surface area contributed by atoms with Crippen molar-refractivity contribution in [3.8, 4) is 0 Å². The molecule has 0 bridgehead atoms. The fourth-order valence-electron chi connectivity index (χ4n) is 2.02. The van der Waals surface area contributed by atoms with Gasteiger partial charge >= 0.3 is 12.2 Å². The molecule has 6 nitrogen and oxygen atoms in total. The average Bonchev–Trinajstić information content (AvgIpc) is 2.81. The van der Waals surface area contributed by atoms with Crippen molar-refractivity contribution < 1.29 is 24.2 Å². The number of carbonyl (C=O) groups excluding carboxylic acids is 2. The molecule has 0 aliphatic heterocycles. The molecular weight excluding hydrogens is 318 g/mol. The number of thiophene rings is 1. The number of rotatable bonds is 5. The van der Waals surface area contributed by atoms with Crippen LogP contribution in [-0.2, 0) is 11.2 Å². The number of aldehydes is 1. The molecule has 7 heteroatoms. The molecule has 23 heavy (non-hydrogen) atoms. The first-order valence-electron chi connectivity index (χ1n) is 7.25. The zero-order valence-corrected chi connectivity index (χ0v) is 14.9. The molecule has 1 aromatic rings. The van der Waals surface area contributed by atoms with E-state index in [2.05, 4.69) is 0 Å². The van der Waals surface area contributed by atoms with Crippen LogP contribution in [0.5, 0.6) is 0 Å². The lowest BCUT2D eigenvalue weighted by molar-refractivity contribution is 0.00664. The summed E-state index contributed by atoms with van der Waals surface area (Å²) in [6.07, 6.45) is -0.455. The minimum absolute atomic E-state index is 0.428. The van der Waals surface area contributed by atoms with Gasteiger partial charge in [-0.25, -0.2) is 14.5 Å². The van der Waals surface area contributed by atoms with Crippen molar-refractivity contribution in [2.24, 2.45) is 0 Å². The lowest BCUT2D eigenvalue weighted by Gasteiger charge is -2.35. The molecule has 1 N–H and O–H groups in total. The van der Waals surface area contributed by atoms with E-state index in [-0.39, 0.29) is 0 Å². The highest BCUT2D eigenvalue weighted by Crippen LogP contribution is 2.26. The molecule has 128 valence electrons. The fraction of sp³-hybridized carbons (Fsp3) is 0.562. The Bertz CT molecular complexity index is 586. The largest absolute Gasteiger partial charge is 0.465 e. The van der Waals surface area contributed by atoms with Gasteiger partial charge in [0.2, 0.25) is 0 Å². The number of amides is 2. The Kier molecular flexibility index (Phi) is 5.93. The summed E-state index contributed by atoms with van der Waals surface area (Å²) in [6, 6.07) is 1.77. The van der Waals surface area contributed by atoms with Gasteiger partial charge in [0.25, 0.3) is 0 Å². The van der Waals surface area contributed by atoms with Gasteiger partial charge < -0.3 is 9.84 Å². The molecule has 0 aromatic carbocycles. The summed E-state index contributed by atoms with van der Waals surface area (Å²) < 4.78 is 5.18. The van der Waals surface area contributed by atoms with E-state index in [1.165, 1.54) is 11.3 Å². The molecule has 1 aromatic heterocycles. The zero-order chi connectivity index (χ0) is 17.8. The van der Waals surface area contributed by atoms with Crippen LogP contribution in [-0.4, -0.2) is 39.6 Å². The molecule has 0 spiro atoms. The van der Waals surface area contributed by atoms with Crippen LogP contribution in [0.1, 0.15) is 56.3 Å². The van der Waals surface area contributed by atoms with Crippen LogP contribution in [0.4, 0.5) is 9.59 Å². The average molecular weight is 341 g/mol. The maximum absolute atomic E-state index is 12.2. The molecule has 0 fully saturated rings. The number of carbonyl (C=O) groups is 3. The summed E-state index contributed by atoms with van der Waals surface area (Å²) in [5.74, 6) is 0. The van der Waals surface area contributed by atoms with Crippen molar-refractivity contribution in [2.45, 2.75) is 58.6 Å². The van der Waals surface area contributed by atoms with Gasteiger partial charge in [0.1, 0.15) is 5.60 Å². The predicted molar refractivity (Wildman–Crippen MR) is 88.2 cm³/mol. The van der Waals surface area contributed by atoms with Crippen LogP contribution in [0.2, 0.25) is 0 Å². The standard InChI is InChI=1S/C16H23NO5S/c1-15(2,3)22-14(21)17(13(19)20)16(4,5)7-6-12-8-11(9-18)10-23-12/h8-10H,6-7H2,1-5H3,(H,19,20). The number of hydrogen-bond acceptors (Lipinski definition) is 5. The van der Waals surface area contributed by atoms with E-state index in [4.69, 9.17) is 4.74 Å². The van der Waals surface area contributed by atoms with Gasteiger partial charge in [-0.2, -0.15) is 0 Å². The van der Waals surface area contributed by atoms with Crippen molar-refractivity contribution in [2.75, 3.05) is 0 Å². The third kappa shape index (κ3) is 5.67. The zero-order valence-electron chi connectivity index (χ0n) is 14.1. The lowest BCUT2D eigenvalue weighted by atomic mass is 9.96. The SMILES string of the molecule is CC(C)(C)OC(=O)N(C(=O)O)C(C)(C)CCc1cc(C=O)cs1. The second-order valence-corrected chi connectivity index (χ2v) is 7.87. The molecule has 0 unspecified atom stereocenters. The van der Waals surface area contributed by atoms with Gasteiger partial charge in [-0.3, -0.25) is 4.79 Å². The quantitative estimate of drug-likeness (QED) is 0.812. The highest BCUT2D eigenvalue weighted by Gasteiger charge is 2.38. The Morgan fingerprint density at radius 2 is 1.91 bits per heavy atom. The molecule has 0 atom stereocenters. The van der Waals surface area contributed by atoms with E-state index < -0.39 is 23.3 Å². The Balaban J connectivity index is 2.84. The highest BCUT2D eigenvalue weighted by atomic mass is 32.1. The van der Waals surface area contributed by atoms with E-state index in [0.29, 0.717) is 18.4 Å². The van der Waals surface area contributed by atoms with E-state index in [1.54, 1.807) is 46.1 Å². The van der Waals surface area contributed by atoms with Gasteiger partial charge in [0.05, 0.1) is 5.54 Å². The highest BCUT2D eigenvalue weighted by molar-refractivity contribution is 7.10. The molecule has 2 amide bonds. The molecule has 0 saturated heterocycles. The second kappa shape index (κ2) is 7.12. The van der Waals surface area contributed by atoms with Gasteiger partial charge in [0.15, 0.2) is 6.29 Å². The van der Waals surface area contributed by atoms with Crippen LogP contribution in [0.15, 0.2) is 11.4 Å². The summed E-state index contributed by atoms with van der Waals surface area (Å²) in [4.78, 5) is 36.1. The molecule has 0 aliphatic rings. The topological polar surface area (TPSA) is 83.9 Å². The van der Waals surface area contributed by atoms with Crippen molar-refractivity contribution in [1.82, 2.24) is 4.90 Å². The molecule has 1 rings (SSSR count). The first-order chi connectivity index (χ1) is 10.5. The van der Waals surface area contributed by atoms with E-state index >= 15 is 0 Å². The van der Waals surface area contributed by atoms with Crippen LogP contribution in [0.3, 0.4) is 0 Å². The third-order valence-electron chi connectivity index (χ3n) is 3.17. The van der Waals surface area contributed by atoms with Gasteiger partial charge in [-0.1, -0.05) is 0 Å².